The van der Waals surface area contributed by atoms with Gasteiger partial charge < -0.3 is 15.1 Å². The monoisotopic (exact) mass is 284 g/mol. The molecule has 2 heterocycles. The number of morpholine rings is 1. The number of hydrazine groups is 1. The molecule has 7 heteroatoms. The highest BCUT2D eigenvalue weighted by atomic mass is 35.5. The summed E-state index contributed by atoms with van der Waals surface area (Å²) in [7, 11) is 0. The second-order valence-corrected chi connectivity index (χ2v) is 4.73. The molecular formula is C12H17ClN4O2. The van der Waals surface area contributed by atoms with E-state index in [2.05, 4.69) is 10.4 Å². The largest absolute Gasteiger partial charge is 0.375 e. The quantitative estimate of drug-likeness (QED) is 0.645. The third-order valence-corrected chi connectivity index (χ3v) is 3.38. The number of amides is 1. The van der Waals surface area contributed by atoms with E-state index >= 15 is 0 Å². The number of nitrogens with zero attached hydrogens (tertiary/aromatic N) is 2. The van der Waals surface area contributed by atoms with Crippen molar-refractivity contribution >= 4 is 23.3 Å². The van der Waals surface area contributed by atoms with Crippen molar-refractivity contribution < 1.29 is 9.53 Å². The Bertz CT molecular complexity index is 469. The molecule has 0 saturated carbocycles. The number of hydrogen-bond donors (Lipinski definition) is 2. The van der Waals surface area contributed by atoms with Gasteiger partial charge in [-0.1, -0.05) is 18.5 Å². The maximum absolute atomic E-state index is 12.4. The van der Waals surface area contributed by atoms with E-state index in [9.17, 15) is 4.79 Å². The van der Waals surface area contributed by atoms with Gasteiger partial charge in [-0.15, -0.1) is 0 Å². The molecule has 2 rings (SSSR count). The maximum atomic E-state index is 12.4. The molecule has 1 aromatic rings. The van der Waals surface area contributed by atoms with E-state index in [4.69, 9.17) is 22.2 Å². The first-order chi connectivity index (χ1) is 9.15. The molecule has 1 atom stereocenters. The van der Waals surface area contributed by atoms with Crippen LogP contribution in [0.25, 0.3) is 0 Å². The first kappa shape index (κ1) is 14.0. The van der Waals surface area contributed by atoms with Crippen molar-refractivity contribution in [3.05, 3.63) is 22.8 Å². The van der Waals surface area contributed by atoms with Gasteiger partial charge in [-0.3, -0.25) is 4.79 Å². The van der Waals surface area contributed by atoms with Crippen molar-refractivity contribution in [3.63, 3.8) is 0 Å². The van der Waals surface area contributed by atoms with E-state index in [0.717, 1.165) is 6.42 Å². The molecule has 1 aliphatic heterocycles. The van der Waals surface area contributed by atoms with E-state index < -0.39 is 0 Å². The number of hydrogen-bond acceptors (Lipinski definition) is 5. The summed E-state index contributed by atoms with van der Waals surface area (Å²) in [5, 5.41) is 0.323. The molecule has 6 nitrogen and oxygen atoms in total. The lowest BCUT2D eigenvalue weighted by Gasteiger charge is -2.32. The fourth-order valence-corrected chi connectivity index (χ4v) is 2.16. The zero-order valence-corrected chi connectivity index (χ0v) is 11.5. The molecule has 0 aliphatic carbocycles. The van der Waals surface area contributed by atoms with Crippen LogP contribution in [0.2, 0.25) is 5.02 Å². The fraction of sp³-hybridized carbons (Fsp3) is 0.500. The van der Waals surface area contributed by atoms with Gasteiger partial charge in [-0.2, -0.15) is 0 Å². The molecule has 1 amide bonds. The number of nitrogens with two attached hydrogens (primary N) is 1. The first-order valence-corrected chi connectivity index (χ1v) is 6.57. The molecular weight excluding hydrogens is 268 g/mol. The molecule has 0 bridgehead atoms. The van der Waals surface area contributed by atoms with Crippen LogP contribution in [0.1, 0.15) is 23.8 Å². The average molecular weight is 285 g/mol. The normalized spacial score (nSPS) is 19.3. The molecule has 0 spiro atoms. The number of carbonyl (C=O) groups is 1. The zero-order valence-electron chi connectivity index (χ0n) is 10.7. The lowest BCUT2D eigenvalue weighted by Crippen LogP contribution is -2.45. The molecule has 1 unspecified atom stereocenters. The fourth-order valence-electron chi connectivity index (χ4n) is 1.97. The van der Waals surface area contributed by atoms with E-state index in [0.29, 0.717) is 30.5 Å². The number of nitrogen functional groups attached to an aromatic ring is 1. The Labute approximate surface area is 116 Å². The molecule has 19 heavy (non-hydrogen) atoms. The van der Waals surface area contributed by atoms with Crippen LogP contribution in [-0.2, 0) is 4.74 Å². The number of pyridine rings is 1. The van der Waals surface area contributed by atoms with E-state index in [-0.39, 0.29) is 17.7 Å². The van der Waals surface area contributed by atoms with Gasteiger partial charge in [0.05, 0.1) is 17.7 Å². The second kappa shape index (κ2) is 6.18. The number of carbonyl (C=O) groups excluding carboxylic acids is 1. The summed E-state index contributed by atoms with van der Waals surface area (Å²) in [4.78, 5) is 18.2. The molecule has 1 saturated heterocycles. The lowest BCUT2D eigenvalue weighted by atomic mass is 10.2. The lowest BCUT2D eigenvalue weighted by molar-refractivity contribution is -0.0228. The minimum atomic E-state index is -0.191. The van der Waals surface area contributed by atoms with E-state index in [1.165, 1.54) is 0 Å². The Morgan fingerprint density at radius 1 is 1.68 bits per heavy atom. The number of anilines is 1. The smallest absolute Gasteiger partial charge is 0.274 e. The Morgan fingerprint density at radius 3 is 3.16 bits per heavy atom. The Balaban J connectivity index is 2.18. The SMILES string of the molecule is CCC1CN(C(=O)c2nc(NN)ccc2Cl)CCO1. The number of rotatable bonds is 3. The summed E-state index contributed by atoms with van der Waals surface area (Å²) < 4.78 is 5.54. The number of ether oxygens (including phenoxy) is 1. The van der Waals surface area contributed by atoms with Gasteiger partial charge in [0.15, 0.2) is 0 Å². The highest BCUT2D eigenvalue weighted by Gasteiger charge is 2.26. The average Bonchev–Trinajstić information content (AvgIpc) is 2.47. The van der Waals surface area contributed by atoms with E-state index in [1.54, 1.807) is 17.0 Å². The minimum absolute atomic E-state index is 0.0762. The van der Waals surface area contributed by atoms with Gasteiger partial charge in [0.2, 0.25) is 0 Å². The van der Waals surface area contributed by atoms with Crippen LogP contribution < -0.4 is 11.3 Å². The Hall–Kier alpha value is -1.37. The van der Waals surface area contributed by atoms with Crippen molar-refractivity contribution in [2.24, 2.45) is 5.84 Å². The van der Waals surface area contributed by atoms with Crippen LogP contribution in [0.15, 0.2) is 12.1 Å². The van der Waals surface area contributed by atoms with Crippen LogP contribution in [0, 0.1) is 0 Å². The van der Waals surface area contributed by atoms with Gasteiger partial charge in [0.25, 0.3) is 5.91 Å². The molecule has 1 aliphatic rings. The van der Waals surface area contributed by atoms with E-state index in [1.807, 2.05) is 6.92 Å². The van der Waals surface area contributed by atoms with Crippen LogP contribution in [0.3, 0.4) is 0 Å². The van der Waals surface area contributed by atoms with Crippen LogP contribution in [0.5, 0.6) is 0 Å². The van der Waals surface area contributed by atoms with Gasteiger partial charge >= 0.3 is 0 Å². The standard InChI is InChI=1S/C12H17ClN4O2/c1-2-8-7-17(5-6-19-8)12(18)11-9(13)3-4-10(15-11)16-14/h3-4,8H,2,5-7,14H2,1H3,(H,15,16). The van der Waals surface area contributed by atoms with Crippen LogP contribution in [0.4, 0.5) is 5.82 Å². The molecule has 0 radical (unpaired) electrons. The number of nitrogens with one attached hydrogen (secondary N) is 1. The second-order valence-electron chi connectivity index (χ2n) is 4.32. The predicted octanol–water partition coefficient (Wildman–Crippen LogP) is 1.27. The van der Waals surface area contributed by atoms with Crippen molar-refractivity contribution in [2.75, 3.05) is 25.1 Å². The van der Waals surface area contributed by atoms with Gasteiger partial charge in [-0.25, -0.2) is 10.8 Å². The molecule has 3 N–H and O–H groups in total. The molecule has 1 aromatic heterocycles. The van der Waals surface area contributed by atoms with Crippen molar-refractivity contribution in [1.82, 2.24) is 9.88 Å². The summed E-state index contributed by atoms with van der Waals surface area (Å²) in [5.41, 5.74) is 2.62. The van der Waals surface area contributed by atoms with Gasteiger partial charge in [-0.05, 0) is 18.6 Å². The highest BCUT2D eigenvalue weighted by molar-refractivity contribution is 6.33. The molecule has 0 aromatic carbocycles. The molecule has 104 valence electrons. The Morgan fingerprint density at radius 2 is 2.47 bits per heavy atom. The predicted molar refractivity (Wildman–Crippen MR) is 73.0 cm³/mol. The zero-order chi connectivity index (χ0) is 13.8. The van der Waals surface area contributed by atoms with Crippen molar-refractivity contribution in [2.45, 2.75) is 19.4 Å². The summed E-state index contributed by atoms with van der Waals surface area (Å²) >= 11 is 6.03. The summed E-state index contributed by atoms with van der Waals surface area (Å²) in [6.07, 6.45) is 0.947. The third-order valence-electron chi connectivity index (χ3n) is 3.08. The molecule has 1 fully saturated rings. The first-order valence-electron chi connectivity index (χ1n) is 6.19. The summed E-state index contributed by atoms with van der Waals surface area (Å²) in [6, 6.07) is 3.22. The highest BCUT2D eigenvalue weighted by Crippen LogP contribution is 2.19. The number of aromatic nitrogens is 1. The minimum Gasteiger partial charge on any atom is -0.375 e. The summed E-state index contributed by atoms with van der Waals surface area (Å²) in [5.74, 6) is 5.51. The maximum Gasteiger partial charge on any atom is 0.274 e. The summed E-state index contributed by atoms with van der Waals surface area (Å²) in [6.45, 7) is 3.68. The number of halogens is 1. The van der Waals surface area contributed by atoms with Gasteiger partial charge in [0, 0.05) is 13.1 Å². The Kier molecular flexibility index (Phi) is 4.57. The van der Waals surface area contributed by atoms with Crippen molar-refractivity contribution in [3.8, 4) is 0 Å². The van der Waals surface area contributed by atoms with Crippen LogP contribution in [-0.4, -0.2) is 41.6 Å². The topological polar surface area (TPSA) is 80.5 Å². The third kappa shape index (κ3) is 3.15. The van der Waals surface area contributed by atoms with Crippen LogP contribution >= 0.6 is 11.6 Å². The van der Waals surface area contributed by atoms with Crippen molar-refractivity contribution in [1.29, 1.82) is 0 Å². The van der Waals surface area contributed by atoms with Gasteiger partial charge in [0.1, 0.15) is 11.5 Å².